The molecule has 7 heteroatoms. The van der Waals surface area contributed by atoms with Crippen LogP contribution in [0.3, 0.4) is 0 Å². The fourth-order valence-corrected chi connectivity index (χ4v) is 2.37. The fraction of sp³-hybridized carbons (Fsp3) is 0.125. The minimum atomic E-state index is -4.33. The number of hydrogen-bond acceptors (Lipinski definition) is 2. The number of rotatable bonds is 3. The number of alkyl halides is 3. The Morgan fingerprint density at radius 2 is 1.65 bits per heavy atom. The van der Waals surface area contributed by atoms with E-state index in [0.717, 1.165) is 17.7 Å². The highest BCUT2D eigenvalue weighted by atomic mass is 32.1. The van der Waals surface area contributed by atoms with Crippen molar-refractivity contribution in [1.29, 1.82) is 0 Å². The smallest absolute Gasteiger partial charge is 0.279 e. The molecule has 1 N–H and O–H groups in total. The molecule has 0 bridgehead atoms. The van der Waals surface area contributed by atoms with Crippen molar-refractivity contribution in [3.8, 4) is 11.4 Å². The van der Waals surface area contributed by atoms with Crippen LogP contribution in [0.25, 0.3) is 11.4 Å². The van der Waals surface area contributed by atoms with E-state index in [2.05, 4.69) is 10.1 Å². The lowest BCUT2D eigenvalue weighted by Gasteiger charge is -2.08. The first kappa shape index (κ1) is 15.5. The van der Waals surface area contributed by atoms with Crippen LogP contribution >= 0.6 is 12.2 Å². The summed E-state index contributed by atoms with van der Waals surface area (Å²) in [6.07, 6.45) is -4.33. The van der Waals surface area contributed by atoms with Gasteiger partial charge in [-0.25, -0.2) is 0 Å². The minimum Gasteiger partial charge on any atom is -0.279 e. The Morgan fingerprint density at radius 1 is 1.00 bits per heavy atom. The number of benzene rings is 2. The zero-order valence-electron chi connectivity index (χ0n) is 11.8. The summed E-state index contributed by atoms with van der Waals surface area (Å²) in [6.45, 7) is 0.330. The third-order valence-electron chi connectivity index (χ3n) is 3.35. The summed E-state index contributed by atoms with van der Waals surface area (Å²) in [7, 11) is 0. The van der Waals surface area contributed by atoms with Gasteiger partial charge in [0.2, 0.25) is 4.77 Å². The lowest BCUT2D eigenvalue weighted by molar-refractivity contribution is -0.137. The van der Waals surface area contributed by atoms with Crippen LogP contribution in [0.4, 0.5) is 13.2 Å². The molecule has 0 amide bonds. The summed E-state index contributed by atoms with van der Waals surface area (Å²) in [5.41, 5.74) is 0.932. The molecule has 0 fully saturated rings. The summed E-state index contributed by atoms with van der Waals surface area (Å²) in [6, 6.07) is 14.5. The zero-order valence-corrected chi connectivity index (χ0v) is 12.7. The van der Waals surface area contributed by atoms with Gasteiger partial charge in [0, 0.05) is 5.56 Å². The van der Waals surface area contributed by atoms with Crippen molar-refractivity contribution in [1.82, 2.24) is 14.8 Å². The standard InChI is InChI=1S/C16H12F3N3S/c17-16(18,19)13-8-6-11(7-9-13)10-22-15(23)20-14(21-22)12-4-2-1-3-5-12/h1-9H,10H2,(H,20,21,23). The van der Waals surface area contributed by atoms with Gasteiger partial charge in [-0.2, -0.15) is 18.2 Å². The monoisotopic (exact) mass is 335 g/mol. The van der Waals surface area contributed by atoms with Gasteiger partial charge in [0.05, 0.1) is 12.1 Å². The Bertz CT molecular complexity index is 849. The molecule has 0 radical (unpaired) electrons. The Hall–Kier alpha value is -2.41. The average Bonchev–Trinajstić information content (AvgIpc) is 2.89. The highest BCUT2D eigenvalue weighted by Crippen LogP contribution is 2.29. The quantitative estimate of drug-likeness (QED) is 0.706. The topological polar surface area (TPSA) is 33.6 Å². The van der Waals surface area contributed by atoms with E-state index in [-0.39, 0.29) is 0 Å². The molecular formula is C16H12F3N3S. The van der Waals surface area contributed by atoms with Gasteiger partial charge in [0.25, 0.3) is 0 Å². The maximum absolute atomic E-state index is 12.6. The first-order valence-corrected chi connectivity index (χ1v) is 7.23. The van der Waals surface area contributed by atoms with Crippen LogP contribution < -0.4 is 0 Å². The van der Waals surface area contributed by atoms with Gasteiger partial charge >= 0.3 is 6.18 Å². The molecule has 0 spiro atoms. The molecule has 3 rings (SSSR count). The summed E-state index contributed by atoms with van der Waals surface area (Å²) in [4.78, 5) is 4.28. The Morgan fingerprint density at radius 3 is 2.26 bits per heavy atom. The number of aromatic amines is 1. The molecule has 2 aromatic carbocycles. The van der Waals surface area contributed by atoms with E-state index in [1.165, 1.54) is 12.1 Å². The van der Waals surface area contributed by atoms with E-state index >= 15 is 0 Å². The summed E-state index contributed by atoms with van der Waals surface area (Å²) in [5.74, 6) is 0.627. The number of nitrogens with one attached hydrogen (secondary N) is 1. The minimum absolute atomic E-state index is 0.330. The Kier molecular flexibility index (Phi) is 4.04. The number of H-pyrrole nitrogens is 1. The first-order valence-electron chi connectivity index (χ1n) is 6.82. The largest absolute Gasteiger partial charge is 0.416 e. The number of halogens is 3. The highest BCUT2D eigenvalue weighted by Gasteiger charge is 2.29. The Labute approximate surface area is 135 Å². The molecule has 0 atom stereocenters. The third kappa shape index (κ3) is 3.50. The molecule has 0 aliphatic carbocycles. The van der Waals surface area contributed by atoms with E-state index in [0.29, 0.717) is 22.7 Å². The number of hydrogen-bond donors (Lipinski definition) is 1. The zero-order chi connectivity index (χ0) is 16.4. The van der Waals surface area contributed by atoms with Crippen molar-refractivity contribution in [2.24, 2.45) is 0 Å². The fourth-order valence-electron chi connectivity index (χ4n) is 2.17. The van der Waals surface area contributed by atoms with Crippen molar-refractivity contribution >= 4 is 12.2 Å². The Balaban J connectivity index is 1.84. The van der Waals surface area contributed by atoms with Crippen LogP contribution in [0, 0.1) is 4.77 Å². The molecule has 1 aromatic heterocycles. The van der Waals surface area contributed by atoms with Gasteiger partial charge in [0.15, 0.2) is 5.82 Å². The third-order valence-corrected chi connectivity index (χ3v) is 3.66. The van der Waals surface area contributed by atoms with Crippen LogP contribution in [0.15, 0.2) is 54.6 Å². The van der Waals surface area contributed by atoms with Crippen LogP contribution in [-0.4, -0.2) is 14.8 Å². The van der Waals surface area contributed by atoms with Crippen LogP contribution in [0.5, 0.6) is 0 Å². The molecule has 0 saturated carbocycles. The predicted octanol–water partition coefficient (Wildman–Crippen LogP) is 4.67. The SMILES string of the molecule is FC(F)(F)c1ccc(Cn2[nH]c(-c3ccccc3)nc2=S)cc1. The molecule has 0 aliphatic rings. The molecule has 0 saturated heterocycles. The van der Waals surface area contributed by atoms with Crippen LogP contribution in [0.2, 0.25) is 0 Å². The van der Waals surface area contributed by atoms with Gasteiger partial charge in [-0.3, -0.25) is 9.78 Å². The molecular weight excluding hydrogens is 323 g/mol. The van der Waals surface area contributed by atoms with E-state index in [9.17, 15) is 13.2 Å². The normalized spacial score (nSPS) is 11.6. The van der Waals surface area contributed by atoms with Gasteiger partial charge in [-0.15, -0.1) is 0 Å². The predicted molar refractivity (Wildman–Crippen MR) is 83.4 cm³/mol. The van der Waals surface area contributed by atoms with Gasteiger partial charge in [0.1, 0.15) is 0 Å². The van der Waals surface area contributed by atoms with Crippen LogP contribution in [-0.2, 0) is 12.7 Å². The van der Waals surface area contributed by atoms with E-state index in [1.807, 2.05) is 30.3 Å². The number of aromatic nitrogens is 3. The molecule has 3 aromatic rings. The van der Waals surface area contributed by atoms with Gasteiger partial charge in [-0.1, -0.05) is 42.5 Å². The van der Waals surface area contributed by atoms with Gasteiger partial charge < -0.3 is 0 Å². The molecule has 0 unspecified atom stereocenters. The maximum Gasteiger partial charge on any atom is 0.416 e. The highest BCUT2D eigenvalue weighted by molar-refractivity contribution is 7.71. The van der Waals surface area contributed by atoms with Crippen molar-refractivity contribution in [2.45, 2.75) is 12.7 Å². The molecule has 0 aliphatic heterocycles. The second-order valence-electron chi connectivity index (χ2n) is 5.00. The summed E-state index contributed by atoms with van der Waals surface area (Å²) in [5, 5.41) is 3.07. The van der Waals surface area contributed by atoms with E-state index in [1.54, 1.807) is 4.68 Å². The van der Waals surface area contributed by atoms with Crippen molar-refractivity contribution in [2.75, 3.05) is 0 Å². The first-order chi connectivity index (χ1) is 10.9. The van der Waals surface area contributed by atoms with E-state index < -0.39 is 11.7 Å². The molecule has 1 heterocycles. The van der Waals surface area contributed by atoms with Crippen LogP contribution in [0.1, 0.15) is 11.1 Å². The second kappa shape index (κ2) is 6.00. The van der Waals surface area contributed by atoms with Crippen molar-refractivity contribution in [3.05, 3.63) is 70.5 Å². The van der Waals surface area contributed by atoms with Crippen molar-refractivity contribution < 1.29 is 13.2 Å². The van der Waals surface area contributed by atoms with Gasteiger partial charge in [-0.05, 0) is 29.9 Å². The van der Waals surface area contributed by atoms with Crippen molar-refractivity contribution in [3.63, 3.8) is 0 Å². The second-order valence-corrected chi connectivity index (χ2v) is 5.37. The average molecular weight is 335 g/mol. The molecule has 118 valence electrons. The summed E-state index contributed by atoms with van der Waals surface area (Å²) < 4.78 is 39.7. The lowest BCUT2D eigenvalue weighted by Crippen LogP contribution is -2.06. The molecule has 3 nitrogen and oxygen atoms in total. The summed E-state index contributed by atoms with van der Waals surface area (Å²) >= 11 is 5.20. The number of nitrogens with zero attached hydrogens (tertiary/aromatic N) is 2. The maximum atomic E-state index is 12.6. The molecule has 23 heavy (non-hydrogen) atoms. The lowest BCUT2D eigenvalue weighted by atomic mass is 10.1. The van der Waals surface area contributed by atoms with E-state index in [4.69, 9.17) is 12.2 Å².